The molecule has 1 N–H and O–H groups in total. The molecule has 88 valence electrons. The molecule has 0 aliphatic carbocycles. The Kier molecular flexibility index (Phi) is 3.00. The highest BCUT2D eigenvalue weighted by Crippen LogP contribution is 2.32. The van der Waals surface area contributed by atoms with Crippen LogP contribution in [0.3, 0.4) is 0 Å². The zero-order valence-corrected chi connectivity index (χ0v) is 8.64. The molecule has 0 bridgehead atoms. The van der Waals surface area contributed by atoms with Gasteiger partial charge in [-0.2, -0.15) is 13.2 Å². The lowest BCUT2D eigenvalue weighted by atomic mass is 10.1. The molecule has 1 fully saturated rings. The third kappa shape index (κ3) is 2.25. The van der Waals surface area contributed by atoms with E-state index in [2.05, 4.69) is 0 Å². The van der Waals surface area contributed by atoms with Crippen LogP contribution in [0.4, 0.5) is 13.2 Å². The quantitative estimate of drug-likeness (QED) is 0.727. The zero-order chi connectivity index (χ0) is 11.9. The second-order valence-electron chi connectivity index (χ2n) is 4.21. The van der Waals surface area contributed by atoms with E-state index in [4.69, 9.17) is 5.11 Å². The first-order valence-electron chi connectivity index (χ1n) is 4.74. The number of halogens is 3. The van der Waals surface area contributed by atoms with Crippen molar-refractivity contribution in [2.75, 3.05) is 13.1 Å². The summed E-state index contributed by atoms with van der Waals surface area (Å²) in [5.41, 5.74) is -3.27. The van der Waals surface area contributed by atoms with E-state index in [-0.39, 0.29) is 19.0 Å². The van der Waals surface area contributed by atoms with Gasteiger partial charge in [-0.1, -0.05) is 6.92 Å². The topological polar surface area (TPSA) is 40.5 Å². The molecule has 6 heteroatoms. The van der Waals surface area contributed by atoms with E-state index in [1.807, 2.05) is 6.92 Å². The lowest BCUT2D eigenvalue weighted by Crippen LogP contribution is -2.55. The molecule has 1 heterocycles. The van der Waals surface area contributed by atoms with Gasteiger partial charge >= 0.3 is 6.18 Å². The first-order chi connectivity index (χ1) is 6.66. The monoisotopic (exact) mass is 225 g/mol. The number of amides is 1. The van der Waals surface area contributed by atoms with Crippen molar-refractivity contribution in [3.05, 3.63) is 0 Å². The van der Waals surface area contributed by atoms with Crippen LogP contribution in [0.15, 0.2) is 0 Å². The number of aliphatic hydroxyl groups is 1. The maximum Gasteiger partial charge on any atom is 0.426 e. The molecule has 3 nitrogen and oxygen atoms in total. The average Bonchev–Trinajstić information content (AvgIpc) is 2.48. The largest absolute Gasteiger partial charge is 0.426 e. The van der Waals surface area contributed by atoms with Gasteiger partial charge in [0.1, 0.15) is 0 Å². The van der Waals surface area contributed by atoms with E-state index in [0.717, 1.165) is 4.90 Å². The summed E-state index contributed by atoms with van der Waals surface area (Å²) in [4.78, 5) is 12.5. The standard InChI is InChI=1S/C9H14F3NO2/c1-6-3-4-13(5-6)7(14)8(2,15)9(10,11)12/h6,15H,3-5H2,1-2H3/t6?,8-/m1/s1. The summed E-state index contributed by atoms with van der Waals surface area (Å²) in [5, 5.41) is 9.15. The second-order valence-corrected chi connectivity index (χ2v) is 4.21. The van der Waals surface area contributed by atoms with E-state index < -0.39 is 17.7 Å². The van der Waals surface area contributed by atoms with Crippen LogP contribution in [0, 0.1) is 5.92 Å². The van der Waals surface area contributed by atoms with Crippen molar-refractivity contribution in [1.29, 1.82) is 0 Å². The molecule has 0 radical (unpaired) electrons. The Morgan fingerprint density at radius 3 is 2.33 bits per heavy atom. The summed E-state index contributed by atoms with van der Waals surface area (Å²) in [6, 6.07) is 0. The lowest BCUT2D eigenvalue weighted by molar-refractivity contribution is -0.249. The molecular weight excluding hydrogens is 211 g/mol. The van der Waals surface area contributed by atoms with E-state index in [1.54, 1.807) is 0 Å². The van der Waals surface area contributed by atoms with Crippen molar-refractivity contribution in [3.8, 4) is 0 Å². The molecule has 0 saturated carbocycles. The minimum absolute atomic E-state index is 0.193. The number of hydrogen-bond donors (Lipinski definition) is 1. The predicted octanol–water partition coefficient (Wildman–Crippen LogP) is 1.17. The van der Waals surface area contributed by atoms with Crippen LogP contribution in [0.5, 0.6) is 0 Å². The molecule has 1 aliphatic heterocycles. The average molecular weight is 225 g/mol. The molecular formula is C9H14F3NO2. The number of nitrogens with zero attached hydrogens (tertiary/aromatic N) is 1. The van der Waals surface area contributed by atoms with Gasteiger partial charge in [0, 0.05) is 13.1 Å². The van der Waals surface area contributed by atoms with E-state index in [9.17, 15) is 18.0 Å². The van der Waals surface area contributed by atoms with Gasteiger partial charge in [0.15, 0.2) is 0 Å². The van der Waals surface area contributed by atoms with Gasteiger partial charge in [0.25, 0.3) is 5.91 Å². The summed E-state index contributed by atoms with van der Waals surface area (Å²) in [6.07, 6.45) is -4.24. The summed E-state index contributed by atoms with van der Waals surface area (Å²) in [6.45, 7) is 2.92. The maximum absolute atomic E-state index is 12.3. The molecule has 1 aliphatic rings. The number of likely N-dealkylation sites (tertiary alicyclic amines) is 1. The fourth-order valence-corrected chi connectivity index (χ4v) is 1.55. The number of carbonyl (C=O) groups excluding carboxylic acids is 1. The summed E-state index contributed by atoms with van der Waals surface area (Å²) in [5.74, 6) is -1.06. The SMILES string of the molecule is CC1CCN(C(=O)[C@@](C)(O)C(F)(F)F)C1. The van der Waals surface area contributed by atoms with Crippen molar-refractivity contribution in [1.82, 2.24) is 4.90 Å². The molecule has 2 atom stereocenters. The van der Waals surface area contributed by atoms with Gasteiger partial charge in [0.2, 0.25) is 5.60 Å². The molecule has 0 aromatic heterocycles. The minimum Gasteiger partial charge on any atom is -0.373 e. The zero-order valence-electron chi connectivity index (χ0n) is 8.64. The Hall–Kier alpha value is -0.780. The third-order valence-corrected chi connectivity index (χ3v) is 2.68. The molecule has 1 rings (SSSR count). The van der Waals surface area contributed by atoms with E-state index in [0.29, 0.717) is 13.3 Å². The first-order valence-corrected chi connectivity index (χ1v) is 4.74. The van der Waals surface area contributed by atoms with Crippen LogP contribution in [-0.4, -0.2) is 40.8 Å². The molecule has 15 heavy (non-hydrogen) atoms. The van der Waals surface area contributed by atoms with Gasteiger partial charge in [0.05, 0.1) is 0 Å². The molecule has 0 aromatic rings. The third-order valence-electron chi connectivity index (χ3n) is 2.68. The van der Waals surface area contributed by atoms with Gasteiger partial charge < -0.3 is 10.0 Å². The highest BCUT2D eigenvalue weighted by atomic mass is 19.4. The lowest BCUT2D eigenvalue weighted by Gasteiger charge is -2.29. The number of carbonyl (C=O) groups is 1. The summed E-state index contributed by atoms with van der Waals surface area (Å²) >= 11 is 0. The van der Waals surface area contributed by atoms with Crippen molar-refractivity contribution < 1.29 is 23.1 Å². The molecule has 0 aromatic carbocycles. The van der Waals surface area contributed by atoms with Gasteiger partial charge in [-0.3, -0.25) is 4.79 Å². The molecule has 1 amide bonds. The Balaban J connectivity index is 2.76. The van der Waals surface area contributed by atoms with Crippen LogP contribution in [0.2, 0.25) is 0 Å². The minimum atomic E-state index is -4.92. The highest BCUT2D eigenvalue weighted by Gasteiger charge is 2.57. The van der Waals surface area contributed by atoms with Crippen LogP contribution in [0.25, 0.3) is 0 Å². The van der Waals surface area contributed by atoms with Crippen molar-refractivity contribution >= 4 is 5.91 Å². The fraction of sp³-hybridized carbons (Fsp3) is 0.889. The number of rotatable bonds is 1. The van der Waals surface area contributed by atoms with Gasteiger partial charge in [-0.15, -0.1) is 0 Å². The second kappa shape index (κ2) is 3.66. The number of alkyl halides is 3. The molecule has 1 unspecified atom stereocenters. The van der Waals surface area contributed by atoms with Crippen LogP contribution in [0.1, 0.15) is 20.3 Å². The van der Waals surface area contributed by atoms with Crippen LogP contribution in [-0.2, 0) is 4.79 Å². The maximum atomic E-state index is 12.3. The Bertz CT molecular complexity index is 263. The Morgan fingerprint density at radius 1 is 1.47 bits per heavy atom. The first kappa shape index (κ1) is 12.3. The smallest absolute Gasteiger partial charge is 0.373 e. The van der Waals surface area contributed by atoms with Crippen molar-refractivity contribution in [2.45, 2.75) is 32.0 Å². The van der Waals surface area contributed by atoms with E-state index >= 15 is 0 Å². The number of hydrogen-bond acceptors (Lipinski definition) is 2. The van der Waals surface area contributed by atoms with E-state index in [1.165, 1.54) is 0 Å². The van der Waals surface area contributed by atoms with Gasteiger partial charge in [-0.05, 0) is 19.3 Å². The molecule has 0 spiro atoms. The summed E-state index contributed by atoms with van der Waals surface area (Å²) < 4.78 is 37.0. The predicted molar refractivity (Wildman–Crippen MR) is 47.0 cm³/mol. The highest BCUT2D eigenvalue weighted by molar-refractivity contribution is 5.85. The van der Waals surface area contributed by atoms with Crippen molar-refractivity contribution in [3.63, 3.8) is 0 Å². The van der Waals surface area contributed by atoms with Crippen LogP contribution < -0.4 is 0 Å². The Labute approximate surface area is 85.9 Å². The fourth-order valence-electron chi connectivity index (χ4n) is 1.55. The van der Waals surface area contributed by atoms with Crippen LogP contribution >= 0.6 is 0 Å². The van der Waals surface area contributed by atoms with Crippen molar-refractivity contribution in [2.24, 2.45) is 5.92 Å². The Morgan fingerprint density at radius 2 is 2.00 bits per heavy atom. The summed E-state index contributed by atoms with van der Waals surface area (Å²) in [7, 11) is 0. The normalized spacial score (nSPS) is 26.5. The van der Waals surface area contributed by atoms with Gasteiger partial charge in [-0.25, -0.2) is 0 Å². The molecule has 1 saturated heterocycles.